The van der Waals surface area contributed by atoms with Crippen LogP contribution in [-0.2, 0) is 9.53 Å². The van der Waals surface area contributed by atoms with Crippen LogP contribution in [0.15, 0.2) is 48.5 Å². The van der Waals surface area contributed by atoms with E-state index in [4.69, 9.17) is 11.6 Å². The minimum atomic E-state index is -0.377. The number of halogens is 1. The molecule has 0 atom stereocenters. The minimum absolute atomic E-state index is 0.377. The zero-order chi connectivity index (χ0) is 13.0. The van der Waals surface area contributed by atoms with Crippen LogP contribution in [-0.4, -0.2) is 13.1 Å². The third-order valence-corrected chi connectivity index (χ3v) is 3.65. The van der Waals surface area contributed by atoms with Crippen LogP contribution in [0.1, 0.15) is 10.4 Å². The van der Waals surface area contributed by atoms with E-state index >= 15 is 0 Å². The van der Waals surface area contributed by atoms with E-state index in [1.54, 1.807) is 0 Å². The third kappa shape index (κ3) is 3.00. The van der Waals surface area contributed by atoms with E-state index in [-0.39, 0.29) is 5.97 Å². The van der Waals surface area contributed by atoms with Crippen LogP contribution in [0.2, 0.25) is 4.34 Å². The van der Waals surface area contributed by atoms with Gasteiger partial charge in [0.2, 0.25) is 0 Å². The average molecular weight is 279 g/mol. The van der Waals surface area contributed by atoms with Crippen molar-refractivity contribution in [3.05, 3.63) is 63.3 Å². The first-order valence-corrected chi connectivity index (χ1v) is 6.51. The maximum Gasteiger partial charge on any atom is 0.331 e. The highest BCUT2D eigenvalue weighted by molar-refractivity contribution is 7.17. The molecule has 0 bridgehead atoms. The van der Waals surface area contributed by atoms with E-state index in [9.17, 15) is 4.79 Å². The van der Waals surface area contributed by atoms with E-state index in [1.807, 2.05) is 42.5 Å². The molecule has 0 amide bonds. The molecular weight excluding hydrogens is 268 g/mol. The molecule has 4 heteroatoms. The molecule has 0 saturated heterocycles. The van der Waals surface area contributed by atoms with Crippen LogP contribution < -0.4 is 0 Å². The Morgan fingerprint density at radius 1 is 1.22 bits per heavy atom. The van der Waals surface area contributed by atoms with Gasteiger partial charge in [-0.3, -0.25) is 0 Å². The Morgan fingerprint density at radius 3 is 2.50 bits per heavy atom. The van der Waals surface area contributed by atoms with E-state index in [2.05, 4.69) is 4.74 Å². The lowest BCUT2D eigenvalue weighted by Crippen LogP contribution is -1.97. The van der Waals surface area contributed by atoms with Crippen molar-refractivity contribution in [1.29, 1.82) is 0 Å². The zero-order valence-corrected chi connectivity index (χ0v) is 11.3. The molecule has 1 aromatic carbocycles. The fraction of sp³-hybridized carbons (Fsp3) is 0.0714. The average Bonchev–Trinajstić information content (AvgIpc) is 2.83. The molecule has 1 heterocycles. The first kappa shape index (κ1) is 12.9. The standard InChI is InChI=1S/C14H11ClO2S/c1-17-14(16)9-11(10-5-3-2-4-6-10)12-7-8-13(15)18-12/h2-9H,1H3/b11-9+. The first-order valence-electron chi connectivity index (χ1n) is 5.31. The van der Waals surface area contributed by atoms with E-state index in [0.29, 0.717) is 4.34 Å². The summed E-state index contributed by atoms with van der Waals surface area (Å²) >= 11 is 7.37. The van der Waals surface area contributed by atoms with Gasteiger partial charge in [0.25, 0.3) is 0 Å². The van der Waals surface area contributed by atoms with Gasteiger partial charge in [-0.1, -0.05) is 41.9 Å². The number of ether oxygens (including phenoxy) is 1. The van der Waals surface area contributed by atoms with Gasteiger partial charge >= 0.3 is 5.97 Å². The molecule has 1 aromatic heterocycles. The van der Waals surface area contributed by atoms with Crippen molar-refractivity contribution >= 4 is 34.5 Å². The lowest BCUT2D eigenvalue weighted by Gasteiger charge is -2.05. The molecule has 0 aliphatic carbocycles. The molecule has 2 nitrogen and oxygen atoms in total. The molecule has 0 radical (unpaired) electrons. The monoisotopic (exact) mass is 278 g/mol. The molecule has 18 heavy (non-hydrogen) atoms. The molecule has 0 aliphatic rings. The number of benzene rings is 1. The number of methoxy groups -OCH3 is 1. The van der Waals surface area contributed by atoms with Crippen molar-refractivity contribution in [2.45, 2.75) is 0 Å². The Labute approximate surface area is 114 Å². The quantitative estimate of drug-likeness (QED) is 0.626. The van der Waals surface area contributed by atoms with E-state index in [1.165, 1.54) is 24.5 Å². The van der Waals surface area contributed by atoms with Gasteiger partial charge in [-0.05, 0) is 17.7 Å². The van der Waals surface area contributed by atoms with Gasteiger partial charge in [0.15, 0.2) is 0 Å². The Morgan fingerprint density at radius 2 is 1.94 bits per heavy atom. The Balaban J connectivity index is 2.48. The predicted octanol–water partition coefficient (Wildman–Crippen LogP) is 4.01. The number of rotatable bonds is 3. The van der Waals surface area contributed by atoms with Crippen LogP contribution in [0, 0.1) is 0 Å². The molecule has 0 N–H and O–H groups in total. The van der Waals surface area contributed by atoms with Crippen molar-refractivity contribution in [2.75, 3.05) is 7.11 Å². The summed E-state index contributed by atoms with van der Waals surface area (Å²) < 4.78 is 5.38. The van der Waals surface area contributed by atoms with Gasteiger partial charge in [-0.15, -0.1) is 11.3 Å². The van der Waals surface area contributed by atoms with Crippen molar-refractivity contribution in [2.24, 2.45) is 0 Å². The number of hydrogen-bond donors (Lipinski definition) is 0. The van der Waals surface area contributed by atoms with Crippen LogP contribution in [0.4, 0.5) is 0 Å². The second kappa shape index (κ2) is 5.85. The van der Waals surface area contributed by atoms with Crippen molar-refractivity contribution < 1.29 is 9.53 Å². The molecule has 0 fully saturated rings. The van der Waals surface area contributed by atoms with Crippen molar-refractivity contribution in [3.8, 4) is 0 Å². The third-order valence-electron chi connectivity index (χ3n) is 2.39. The number of hydrogen-bond acceptors (Lipinski definition) is 3. The maximum atomic E-state index is 11.4. The van der Waals surface area contributed by atoms with Crippen molar-refractivity contribution in [3.63, 3.8) is 0 Å². The molecule has 0 saturated carbocycles. The van der Waals surface area contributed by atoms with Crippen LogP contribution in [0.5, 0.6) is 0 Å². The minimum Gasteiger partial charge on any atom is -0.466 e. The van der Waals surface area contributed by atoms with E-state index < -0.39 is 0 Å². The second-order valence-electron chi connectivity index (χ2n) is 3.55. The summed E-state index contributed by atoms with van der Waals surface area (Å²) in [7, 11) is 1.36. The summed E-state index contributed by atoms with van der Waals surface area (Å²) in [6.45, 7) is 0. The van der Waals surface area contributed by atoms with Gasteiger partial charge in [-0.25, -0.2) is 4.79 Å². The highest BCUT2D eigenvalue weighted by Crippen LogP contribution is 2.31. The topological polar surface area (TPSA) is 26.3 Å². The van der Waals surface area contributed by atoms with Crippen LogP contribution in [0.25, 0.3) is 5.57 Å². The molecule has 0 spiro atoms. The van der Waals surface area contributed by atoms with Gasteiger partial charge < -0.3 is 4.74 Å². The van der Waals surface area contributed by atoms with Gasteiger partial charge in [-0.2, -0.15) is 0 Å². The van der Waals surface area contributed by atoms with Crippen LogP contribution >= 0.6 is 22.9 Å². The van der Waals surface area contributed by atoms with Crippen LogP contribution in [0.3, 0.4) is 0 Å². The summed E-state index contributed by atoms with van der Waals surface area (Å²) in [6.07, 6.45) is 1.48. The molecule has 0 unspecified atom stereocenters. The number of carbonyl (C=O) groups excluding carboxylic acids is 1. The maximum absolute atomic E-state index is 11.4. The summed E-state index contributed by atoms with van der Waals surface area (Å²) in [5.41, 5.74) is 1.78. The number of thiophene rings is 1. The summed E-state index contributed by atoms with van der Waals surface area (Å²) in [5.74, 6) is -0.377. The highest BCUT2D eigenvalue weighted by atomic mass is 35.5. The first-order chi connectivity index (χ1) is 8.70. The zero-order valence-electron chi connectivity index (χ0n) is 9.72. The van der Waals surface area contributed by atoms with Gasteiger partial charge in [0.1, 0.15) is 0 Å². The lowest BCUT2D eigenvalue weighted by molar-refractivity contribution is -0.134. The summed E-state index contributed by atoms with van der Waals surface area (Å²) in [5, 5.41) is 0. The summed E-state index contributed by atoms with van der Waals surface area (Å²) in [4.78, 5) is 12.4. The fourth-order valence-electron chi connectivity index (χ4n) is 1.55. The normalized spacial score (nSPS) is 11.3. The smallest absolute Gasteiger partial charge is 0.331 e. The second-order valence-corrected chi connectivity index (χ2v) is 5.27. The largest absolute Gasteiger partial charge is 0.466 e. The summed E-state index contributed by atoms with van der Waals surface area (Å²) in [6, 6.07) is 13.4. The molecule has 0 aliphatic heterocycles. The SMILES string of the molecule is COC(=O)/C=C(\c1ccccc1)c1ccc(Cl)s1. The molecular formula is C14H11ClO2S. The Kier molecular flexibility index (Phi) is 4.18. The number of carbonyl (C=O) groups is 1. The Hall–Kier alpha value is -1.58. The predicted molar refractivity (Wildman–Crippen MR) is 74.9 cm³/mol. The Bertz CT molecular complexity index is 572. The highest BCUT2D eigenvalue weighted by Gasteiger charge is 2.10. The van der Waals surface area contributed by atoms with Crippen molar-refractivity contribution in [1.82, 2.24) is 0 Å². The molecule has 2 aromatic rings. The van der Waals surface area contributed by atoms with Gasteiger partial charge in [0.05, 0.1) is 11.4 Å². The van der Waals surface area contributed by atoms with Gasteiger partial charge in [0, 0.05) is 16.5 Å². The van der Waals surface area contributed by atoms with E-state index in [0.717, 1.165) is 16.0 Å². The molecule has 92 valence electrons. The fourth-order valence-corrected chi connectivity index (χ4v) is 2.63. The lowest BCUT2D eigenvalue weighted by atomic mass is 10.0. The number of esters is 1. The molecule has 2 rings (SSSR count).